The van der Waals surface area contributed by atoms with E-state index in [1.54, 1.807) is 0 Å². The molecule has 1 aromatic carbocycles. The molecular weight excluding hydrogens is 235 g/mol. The minimum atomic E-state index is 1.12. The van der Waals surface area contributed by atoms with Gasteiger partial charge in [-0.3, -0.25) is 0 Å². The largest absolute Gasteiger partial charge is 0.0795 e. The lowest BCUT2D eigenvalue weighted by Gasteiger charge is -1.98. The fourth-order valence-electron chi connectivity index (χ4n) is 1.25. The van der Waals surface area contributed by atoms with Gasteiger partial charge in [-0.05, 0) is 46.2 Å². The van der Waals surface area contributed by atoms with Gasteiger partial charge in [0.05, 0.1) is 0 Å². The van der Waals surface area contributed by atoms with E-state index in [1.165, 1.54) is 14.7 Å². The smallest absolute Gasteiger partial charge is 0.0205 e. The van der Waals surface area contributed by atoms with E-state index in [1.807, 2.05) is 0 Å². The molecule has 0 bridgehead atoms. The maximum absolute atomic E-state index is 2.37. The zero-order valence-electron chi connectivity index (χ0n) is 5.47. The number of hydrogen-bond donors (Lipinski definition) is 0. The van der Waals surface area contributed by atoms with Crippen molar-refractivity contribution in [1.29, 1.82) is 0 Å². The standard InChI is InChI=1S/C9H7I/c10-9-6-2-4-7-3-1-5-8(7)9/h1-2,4-6H,3H2. The molecule has 0 N–H and O–H groups in total. The van der Waals surface area contributed by atoms with Gasteiger partial charge in [0.25, 0.3) is 0 Å². The van der Waals surface area contributed by atoms with Crippen LogP contribution < -0.4 is 0 Å². The molecule has 2 rings (SSSR count). The van der Waals surface area contributed by atoms with E-state index < -0.39 is 0 Å². The molecule has 1 aliphatic rings. The molecule has 1 heteroatoms. The summed E-state index contributed by atoms with van der Waals surface area (Å²) in [6.45, 7) is 0. The average Bonchev–Trinajstić information content (AvgIpc) is 2.36. The van der Waals surface area contributed by atoms with E-state index in [0.717, 1.165) is 6.42 Å². The molecule has 0 nitrogen and oxygen atoms in total. The molecule has 1 aliphatic carbocycles. The summed E-state index contributed by atoms with van der Waals surface area (Å²) in [4.78, 5) is 0. The Hall–Kier alpha value is -0.310. The molecule has 0 fully saturated rings. The lowest BCUT2D eigenvalue weighted by molar-refractivity contribution is 1.30. The van der Waals surface area contributed by atoms with Crippen molar-refractivity contribution in [1.82, 2.24) is 0 Å². The zero-order valence-corrected chi connectivity index (χ0v) is 7.63. The number of fused-ring (bicyclic) bond motifs is 1. The lowest BCUT2D eigenvalue weighted by Crippen LogP contribution is -1.83. The van der Waals surface area contributed by atoms with E-state index in [4.69, 9.17) is 0 Å². The second-order valence-electron chi connectivity index (χ2n) is 2.42. The molecule has 0 atom stereocenters. The van der Waals surface area contributed by atoms with E-state index in [-0.39, 0.29) is 0 Å². The van der Waals surface area contributed by atoms with Crippen molar-refractivity contribution < 1.29 is 0 Å². The summed E-state index contributed by atoms with van der Waals surface area (Å²) in [5.41, 5.74) is 2.88. The van der Waals surface area contributed by atoms with Crippen LogP contribution in [0.4, 0.5) is 0 Å². The van der Waals surface area contributed by atoms with Crippen molar-refractivity contribution in [2.75, 3.05) is 0 Å². The molecule has 1 aromatic rings. The van der Waals surface area contributed by atoms with Crippen LogP contribution >= 0.6 is 22.6 Å². The van der Waals surface area contributed by atoms with Crippen LogP contribution in [0.1, 0.15) is 11.1 Å². The third-order valence-corrected chi connectivity index (χ3v) is 2.71. The van der Waals surface area contributed by atoms with Crippen molar-refractivity contribution in [3.8, 4) is 0 Å². The van der Waals surface area contributed by atoms with E-state index in [9.17, 15) is 0 Å². The number of hydrogen-bond acceptors (Lipinski definition) is 0. The van der Waals surface area contributed by atoms with Gasteiger partial charge in [0, 0.05) is 3.57 Å². The fourth-order valence-corrected chi connectivity index (χ4v) is 1.98. The maximum Gasteiger partial charge on any atom is 0.0205 e. The van der Waals surface area contributed by atoms with Gasteiger partial charge in [-0.2, -0.15) is 0 Å². The minimum Gasteiger partial charge on any atom is -0.0795 e. The van der Waals surface area contributed by atoms with E-state index in [0.29, 0.717) is 0 Å². The number of rotatable bonds is 0. The highest BCUT2D eigenvalue weighted by molar-refractivity contribution is 14.1. The number of benzene rings is 1. The minimum absolute atomic E-state index is 1.12. The lowest BCUT2D eigenvalue weighted by atomic mass is 10.1. The molecule has 0 saturated heterocycles. The Morgan fingerprint density at radius 2 is 2.20 bits per heavy atom. The highest BCUT2D eigenvalue weighted by atomic mass is 127. The molecule has 50 valence electrons. The van der Waals surface area contributed by atoms with Crippen molar-refractivity contribution in [2.45, 2.75) is 6.42 Å². The molecule has 0 aliphatic heterocycles. The number of allylic oxidation sites excluding steroid dienone is 1. The zero-order chi connectivity index (χ0) is 6.97. The van der Waals surface area contributed by atoms with Crippen LogP contribution in [0.5, 0.6) is 0 Å². The quantitative estimate of drug-likeness (QED) is 0.613. The summed E-state index contributed by atoms with van der Waals surface area (Å²) >= 11 is 2.37. The third-order valence-electron chi connectivity index (χ3n) is 1.77. The van der Waals surface area contributed by atoms with Crippen LogP contribution in [-0.4, -0.2) is 0 Å². The molecule has 10 heavy (non-hydrogen) atoms. The highest BCUT2D eigenvalue weighted by Gasteiger charge is 2.05. The summed E-state index contributed by atoms with van der Waals surface area (Å²) < 4.78 is 1.36. The van der Waals surface area contributed by atoms with Gasteiger partial charge in [0.1, 0.15) is 0 Å². The normalized spacial score (nSPS) is 13.7. The van der Waals surface area contributed by atoms with Gasteiger partial charge < -0.3 is 0 Å². The summed E-state index contributed by atoms with van der Waals surface area (Å²) in [6.07, 6.45) is 5.54. The average molecular weight is 242 g/mol. The number of halogens is 1. The monoisotopic (exact) mass is 242 g/mol. The summed E-state index contributed by atoms with van der Waals surface area (Å²) in [7, 11) is 0. The summed E-state index contributed by atoms with van der Waals surface area (Å²) in [6, 6.07) is 6.46. The molecule has 0 spiro atoms. The van der Waals surface area contributed by atoms with Gasteiger partial charge in [-0.25, -0.2) is 0 Å². The first-order valence-corrected chi connectivity index (χ1v) is 4.40. The fraction of sp³-hybridized carbons (Fsp3) is 0.111. The molecule has 0 heterocycles. The predicted octanol–water partition coefficient (Wildman–Crippen LogP) is 2.86. The summed E-state index contributed by atoms with van der Waals surface area (Å²) in [5.74, 6) is 0. The molecule has 0 saturated carbocycles. The van der Waals surface area contributed by atoms with Gasteiger partial charge in [-0.15, -0.1) is 0 Å². The Kier molecular flexibility index (Phi) is 1.52. The van der Waals surface area contributed by atoms with E-state index in [2.05, 4.69) is 52.9 Å². The van der Waals surface area contributed by atoms with Gasteiger partial charge in [0.2, 0.25) is 0 Å². The van der Waals surface area contributed by atoms with Crippen LogP contribution in [0, 0.1) is 3.57 Å². The van der Waals surface area contributed by atoms with Crippen molar-refractivity contribution >= 4 is 28.7 Å². The molecule has 0 amide bonds. The summed E-state index contributed by atoms with van der Waals surface area (Å²) in [5, 5.41) is 0. The molecular formula is C9H7I. The van der Waals surface area contributed by atoms with Gasteiger partial charge >= 0.3 is 0 Å². The Bertz CT molecular complexity index is 287. The second-order valence-corrected chi connectivity index (χ2v) is 3.58. The molecule has 0 unspecified atom stereocenters. The Morgan fingerprint density at radius 3 is 3.00 bits per heavy atom. The van der Waals surface area contributed by atoms with Crippen molar-refractivity contribution in [2.24, 2.45) is 0 Å². The SMILES string of the molecule is Ic1cccc2c1C=CC2. The first-order valence-electron chi connectivity index (χ1n) is 3.32. The van der Waals surface area contributed by atoms with Crippen LogP contribution in [0.3, 0.4) is 0 Å². The molecule has 0 aromatic heterocycles. The Morgan fingerprint density at radius 1 is 1.30 bits per heavy atom. The maximum atomic E-state index is 2.37. The van der Waals surface area contributed by atoms with Crippen LogP contribution in [-0.2, 0) is 6.42 Å². The topological polar surface area (TPSA) is 0 Å². The highest BCUT2D eigenvalue weighted by Crippen LogP contribution is 2.23. The van der Waals surface area contributed by atoms with Gasteiger partial charge in [0.15, 0.2) is 0 Å². The van der Waals surface area contributed by atoms with Crippen LogP contribution in [0.25, 0.3) is 6.08 Å². The molecule has 0 radical (unpaired) electrons. The van der Waals surface area contributed by atoms with E-state index >= 15 is 0 Å². The Balaban J connectivity index is 2.67. The van der Waals surface area contributed by atoms with Gasteiger partial charge in [-0.1, -0.05) is 24.3 Å². The first-order chi connectivity index (χ1) is 4.88. The third kappa shape index (κ3) is 0.888. The second kappa shape index (κ2) is 2.38. The Labute approximate surface area is 74.1 Å². The van der Waals surface area contributed by atoms with Crippen LogP contribution in [0.15, 0.2) is 24.3 Å². The van der Waals surface area contributed by atoms with Crippen molar-refractivity contribution in [3.05, 3.63) is 39.0 Å². The van der Waals surface area contributed by atoms with Crippen molar-refractivity contribution in [3.63, 3.8) is 0 Å². The predicted molar refractivity (Wildman–Crippen MR) is 51.9 cm³/mol. The van der Waals surface area contributed by atoms with Crippen LogP contribution in [0.2, 0.25) is 0 Å². The first kappa shape index (κ1) is 6.40.